The fourth-order valence-corrected chi connectivity index (χ4v) is 3.44. The van der Waals surface area contributed by atoms with Crippen LogP contribution in [0.3, 0.4) is 0 Å². The van der Waals surface area contributed by atoms with Crippen molar-refractivity contribution in [1.82, 2.24) is 25.1 Å². The first-order valence-corrected chi connectivity index (χ1v) is 8.80. The van der Waals surface area contributed by atoms with Crippen molar-refractivity contribution in [3.8, 4) is 5.95 Å². The van der Waals surface area contributed by atoms with Gasteiger partial charge in [0.1, 0.15) is 0 Å². The third kappa shape index (κ3) is 3.12. The number of aromatic nitrogens is 4. The second kappa shape index (κ2) is 6.63. The van der Waals surface area contributed by atoms with Gasteiger partial charge in [0.05, 0.1) is 16.8 Å². The number of para-hydroxylation sites is 1. The van der Waals surface area contributed by atoms with Gasteiger partial charge in [-0.25, -0.2) is 9.97 Å². The molecule has 2 aromatic heterocycles. The van der Waals surface area contributed by atoms with E-state index in [-0.39, 0.29) is 11.9 Å². The van der Waals surface area contributed by atoms with Crippen LogP contribution in [0.15, 0.2) is 36.7 Å². The molecule has 6 heteroatoms. The maximum absolute atomic E-state index is 12.4. The van der Waals surface area contributed by atoms with Crippen molar-refractivity contribution in [2.24, 2.45) is 0 Å². The van der Waals surface area contributed by atoms with Gasteiger partial charge in [0.15, 0.2) is 0 Å². The van der Waals surface area contributed by atoms with E-state index in [0.717, 1.165) is 29.4 Å². The SMILES string of the molecule is Cc1nn(-c2ncc(C(=O)NC3CCCCC3)cn2)c2ccccc12. The predicted molar refractivity (Wildman–Crippen MR) is 95.7 cm³/mol. The number of hydrogen-bond donors (Lipinski definition) is 1. The summed E-state index contributed by atoms with van der Waals surface area (Å²) in [6.07, 6.45) is 8.91. The molecule has 1 saturated carbocycles. The molecule has 25 heavy (non-hydrogen) atoms. The normalized spacial score (nSPS) is 15.4. The van der Waals surface area contributed by atoms with Crippen LogP contribution < -0.4 is 5.32 Å². The van der Waals surface area contributed by atoms with Crippen molar-refractivity contribution in [3.05, 3.63) is 47.9 Å². The van der Waals surface area contributed by atoms with E-state index in [2.05, 4.69) is 20.4 Å². The molecule has 0 spiro atoms. The van der Waals surface area contributed by atoms with Gasteiger partial charge in [-0.1, -0.05) is 37.5 Å². The first-order valence-electron chi connectivity index (χ1n) is 8.80. The Morgan fingerprint density at radius 3 is 2.60 bits per heavy atom. The largest absolute Gasteiger partial charge is 0.349 e. The van der Waals surface area contributed by atoms with Crippen LogP contribution in [-0.2, 0) is 0 Å². The van der Waals surface area contributed by atoms with E-state index < -0.39 is 0 Å². The summed E-state index contributed by atoms with van der Waals surface area (Å²) in [7, 11) is 0. The Morgan fingerprint density at radius 1 is 1.12 bits per heavy atom. The average Bonchev–Trinajstić information content (AvgIpc) is 3.00. The summed E-state index contributed by atoms with van der Waals surface area (Å²) >= 11 is 0. The molecule has 1 aliphatic carbocycles. The Bertz CT molecular complexity index is 894. The average molecular weight is 335 g/mol. The van der Waals surface area contributed by atoms with Crippen molar-refractivity contribution < 1.29 is 4.79 Å². The summed E-state index contributed by atoms with van der Waals surface area (Å²) in [5.41, 5.74) is 2.38. The van der Waals surface area contributed by atoms with Gasteiger partial charge in [-0.05, 0) is 25.8 Å². The summed E-state index contributed by atoms with van der Waals surface area (Å²) in [4.78, 5) is 21.1. The minimum absolute atomic E-state index is 0.0973. The second-order valence-electron chi connectivity index (χ2n) is 6.59. The third-order valence-electron chi connectivity index (χ3n) is 4.80. The molecule has 1 aromatic carbocycles. The van der Waals surface area contributed by atoms with Gasteiger partial charge in [0.25, 0.3) is 11.9 Å². The number of nitrogens with one attached hydrogen (secondary N) is 1. The summed E-state index contributed by atoms with van der Waals surface area (Å²) < 4.78 is 1.72. The lowest BCUT2D eigenvalue weighted by molar-refractivity contribution is 0.0927. The van der Waals surface area contributed by atoms with Crippen molar-refractivity contribution in [2.45, 2.75) is 45.1 Å². The second-order valence-corrected chi connectivity index (χ2v) is 6.59. The van der Waals surface area contributed by atoms with Gasteiger partial charge in [-0.3, -0.25) is 4.79 Å². The maximum Gasteiger partial charge on any atom is 0.254 e. The van der Waals surface area contributed by atoms with Crippen LogP contribution in [0.5, 0.6) is 0 Å². The summed E-state index contributed by atoms with van der Waals surface area (Å²) in [5, 5.41) is 8.68. The number of carbonyl (C=O) groups excluding carboxylic acids is 1. The first-order chi connectivity index (χ1) is 12.2. The molecule has 4 rings (SSSR count). The lowest BCUT2D eigenvalue weighted by atomic mass is 9.95. The highest BCUT2D eigenvalue weighted by atomic mass is 16.1. The van der Waals surface area contributed by atoms with Gasteiger partial charge in [-0.2, -0.15) is 9.78 Å². The zero-order valence-corrected chi connectivity index (χ0v) is 14.3. The van der Waals surface area contributed by atoms with Crippen LogP contribution in [0.1, 0.15) is 48.2 Å². The van der Waals surface area contributed by atoms with E-state index in [0.29, 0.717) is 11.5 Å². The molecule has 1 aliphatic rings. The quantitative estimate of drug-likeness (QED) is 0.798. The van der Waals surface area contributed by atoms with Crippen LogP contribution >= 0.6 is 0 Å². The highest BCUT2D eigenvalue weighted by molar-refractivity contribution is 5.93. The number of rotatable bonds is 3. The highest BCUT2D eigenvalue weighted by Crippen LogP contribution is 2.20. The zero-order chi connectivity index (χ0) is 17.2. The van der Waals surface area contributed by atoms with Crippen LogP contribution in [0.2, 0.25) is 0 Å². The topological polar surface area (TPSA) is 72.7 Å². The van der Waals surface area contributed by atoms with Crippen LogP contribution in [0.25, 0.3) is 16.9 Å². The lowest BCUT2D eigenvalue weighted by Gasteiger charge is -2.22. The molecule has 6 nitrogen and oxygen atoms in total. The monoisotopic (exact) mass is 335 g/mol. The summed E-state index contributed by atoms with van der Waals surface area (Å²) in [6, 6.07) is 8.24. The maximum atomic E-state index is 12.4. The van der Waals surface area contributed by atoms with E-state index in [1.165, 1.54) is 19.3 Å². The number of nitrogens with zero attached hydrogens (tertiary/aromatic N) is 4. The highest BCUT2D eigenvalue weighted by Gasteiger charge is 2.17. The van der Waals surface area contributed by atoms with Gasteiger partial charge in [-0.15, -0.1) is 0 Å². The molecular weight excluding hydrogens is 314 g/mol. The molecule has 0 aliphatic heterocycles. The number of fused-ring (bicyclic) bond motifs is 1. The van der Waals surface area contributed by atoms with Crippen LogP contribution in [0.4, 0.5) is 0 Å². The Hall–Kier alpha value is -2.76. The zero-order valence-electron chi connectivity index (χ0n) is 14.3. The lowest BCUT2D eigenvalue weighted by Crippen LogP contribution is -2.36. The molecule has 1 N–H and O–H groups in total. The molecule has 0 saturated heterocycles. The molecule has 1 fully saturated rings. The van der Waals surface area contributed by atoms with E-state index >= 15 is 0 Å². The molecule has 128 valence electrons. The Morgan fingerprint density at radius 2 is 1.84 bits per heavy atom. The molecule has 3 aromatic rings. The first kappa shape index (κ1) is 15.7. The van der Waals surface area contributed by atoms with Crippen molar-refractivity contribution in [3.63, 3.8) is 0 Å². The fraction of sp³-hybridized carbons (Fsp3) is 0.368. The van der Waals surface area contributed by atoms with Crippen molar-refractivity contribution >= 4 is 16.8 Å². The predicted octanol–water partition coefficient (Wildman–Crippen LogP) is 3.19. The standard InChI is InChI=1S/C19H21N5O/c1-13-16-9-5-6-10-17(16)24(23-13)19-20-11-14(12-21-19)18(25)22-15-7-3-2-4-8-15/h5-6,9-12,15H,2-4,7-8H2,1H3,(H,22,25). The van der Waals surface area contributed by atoms with Gasteiger partial charge in [0, 0.05) is 23.8 Å². The molecule has 1 amide bonds. The summed E-state index contributed by atoms with van der Waals surface area (Å²) in [6.45, 7) is 1.96. The van der Waals surface area contributed by atoms with Crippen molar-refractivity contribution in [1.29, 1.82) is 0 Å². The van der Waals surface area contributed by atoms with E-state index in [1.807, 2.05) is 31.2 Å². The molecule has 2 heterocycles. The minimum atomic E-state index is -0.0973. The fourth-order valence-electron chi connectivity index (χ4n) is 3.44. The Labute approximate surface area is 146 Å². The number of aryl methyl sites for hydroxylation is 1. The van der Waals surface area contributed by atoms with Crippen molar-refractivity contribution in [2.75, 3.05) is 0 Å². The molecule has 0 bridgehead atoms. The number of carbonyl (C=O) groups is 1. The summed E-state index contributed by atoms with van der Waals surface area (Å²) in [5.74, 6) is 0.374. The molecular formula is C19H21N5O. The van der Waals surface area contributed by atoms with Gasteiger partial charge in [0.2, 0.25) is 0 Å². The van der Waals surface area contributed by atoms with Crippen LogP contribution in [0, 0.1) is 6.92 Å². The smallest absolute Gasteiger partial charge is 0.254 e. The Balaban J connectivity index is 1.56. The molecule has 0 radical (unpaired) electrons. The number of amides is 1. The Kier molecular flexibility index (Phi) is 4.17. The van der Waals surface area contributed by atoms with E-state index in [4.69, 9.17) is 0 Å². The minimum Gasteiger partial charge on any atom is -0.349 e. The van der Waals surface area contributed by atoms with Gasteiger partial charge < -0.3 is 5.32 Å². The number of benzene rings is 1. The van der Waals surface area contributed by atoms with Gasteiger partial charge >= 0.3 is 0 Å². The molecule has 0 atom stereocenters. The van der Waals surface area contributed by atoms with E-state index in [1.54, 1.807) is 17.1 Å². The molecule has 0 unspecified atom stereocenters. The van der Waals surface area contributed by atoms with E-state index in [9.17, 15) is 4.79 Å². The van der Waals surface area contributed by atoms with Crippen LogP contribution in [-0.4, -0.2) is 31.7 Å². The number of hydrogen-bond acceptors (Lipinski definition) is 4. The third-order valence-corrected chi connectivity index (χ3v) is 4.80.